The fraction of sp³-hybridized carbons (Fsp3) is 0.300. The van der Waals surface area contributed by atoms with Gasteiger partial charge in [-0.25, -0.2) is 14.6 Å². The molecule has 0 amide bonds. The second kappa shape index (κ2) is 5.57. The summed E-state index contributed by atoms with van der Waals surface area (Å²) in [7, 11) is 0. The minimum absolute atomic E-state index is 0.340. The summed E-state index contributed by atoms with van der Waals surface area (Å²) in [6, 6.07) is 1.65. The zero-order chi connectivity index (χ0) is 12.3. The molecular formula is C10H10BrClN4O. The Morgan fingerprint density at radius 2 is 2.29 bits per heavy atom. The minimum atomic E-state index is 0.340. The van der Waals surface area contributed by atoms with Gasteiger partial charge in [0.25, 0.3) is 0 Å². The summed E-state index contributed by atoms with van der Waals surface area (Å²) < 4.78 is 7.74. The minimum Gasteiger partial charge on any atom is -0.374 e. The molecule has 17 heavy (non-hydrogen) atoms. The summed E-state index contributed by atoms with van der Waals surface area (Å²) in [5, 5.41) is 4.50. The van der Waals surface area contributed by atoms with Crippen LogP contribution in [-0.2, 0) is 11.3 Å². The van der Waals surface area contributed by atoms with Crippen LogP contribution < -0.4 is 0 Å². The Morgan fingerprint density at radius 1 is 1.47 bits per heavy atom. The van der Waals surface area contributed by atoms with Gasteiger partial charge in [0.05, 0.1) is 10.7 Å². The van der Waals surface area contributed by atoms with Crippen molar-refractivity contribution in [1.29, 1.82) is 0 Å². The largest absolute Gasteiger partial charge is 0.374 e. The Balaban J connectivity index is 2.31. The fourth-order valence-electron chi connectivity index (χ4n) is 1.25. The van der Waals surface area contributed by atoms with Crippen LogP contribution >= 0.6 is 27.5 Å². The average molecular weight is 318 g/mol. The highest BCUT2D eigenvalue weighted by Gasteiger charge is 2.06. The molecule has 0 aliphatic carbocycles. The maximum Gasteiger partial charge on any atom is 0.158 e. The molecule has 2 rings (SSSR count). The number of aromatic nitrogens is 4. The normalized spacial score (nSPS) is 10.8. The number of nitrogens with zero attached hydrogens (tertiary/aromatic N) is 4. The Labute approximate surface area is 112 Å². The first-order valence-electron chi connectivity index (χ1n) is 5.01. The van der Waals surface area contributed by atoms with Crippen LogP contribution in [0.4, 0.5) is 0 Å². The second-order valence-electron chi connectivity index (χ2n) is 3.21. The third kappa shape index (κ3) is 3.24. The van der Waals surface area contributed by atoms with Gasteiger partial charge in [0, 0.05) is 18.9 Å². The van der Waals surface area contributed by atoms with Gasteiger partial charge in [-0.05, 0) is 22.9 Å². The maximum atomic E-state index is 5.93. The molecule has 0 spiro atoms. The standard InChI is InChI=1S/C10H10BrClN4O/c1-2-17-6-9-14-8(12)3-10(15-9)16-5-7(11)4-13-16/h3-5H,2,6H2,1H3. The predicted molar refractivity (Wildman–Crippen MR) is 67.2 cm³/mol. The monoisotopic (exact) mass is 316 g/mol. The van der Waals surface area contributed by atoms with E-state index in [4.69, 9.17) is 16.3 Å². The molecule has 0 fully saturated rings. The number of hydrogen-bond acceptors (Lipinski definition) is 4. The van der Waals surface area contributed by atoms with Crippen LogP contribution in [0.2, 0.25) is 5.15 Å². The molecule has 0 atom stereocenters. The molecule has 2 heterocycles. The first kappa shape index (κ1) is 12.5. The number of halogens is 2. The molecule has 0 bridgehead atoms. The van der Waals surface area contributed by atoms with Crippen molar-refractivity contribution in [1.82, 2.24) is 19.7 Å². The van der Waals surface area contributed by atoms with Crippen molar-refractivity contribution in [3.8, 4) is 5.82 Å². The summed E-state index contributed by atoms with van der Waals surface area (Å²) in [5.41, 5.74) is 0. The van der Waals surface area contributed by atoms with Crippen LogP contribution in [0, 0.1) is 0 Å². The van der Waals surface area contributed by atoms with Crippen molar-refractivity contribution in [2.24, 2.45) is 0 Å². The van der Waals surface area contributed by atoms with Crippen molar-refractivity contribution in [3.05, 3.63) is 33.9 Å². The van der Waals surface area contributed by atoms with E-state index in [1.165, 1.54) is 0 Å². The SMILES string of the molecule is CCOCc1nc(Cl)cc(-n2cc(Br)cn2)n1. The van der Waals surface area contributed by atoms with Crippen molar-refractivity contribution in [2.75, 3.05) is 6.61 Å². The molecule has 0 saturated heterocycles. The van der Waals surface area contributed by atoms with E-state index < -0.39 is 0 Å². The molecule has 0 aliphatic heterocycles. The van der Waals surface area contributed by atoms with Gasteiger partial charge >= 0.3 is 0 Å². The Hall–Kier alpha value is -0.980. The zero-order valence-electron chi connectivity index (χ0n) is 9.10. The highest BCUT2D eigenvalue weighted by atomic mass is 79.9. The quantitative estimate of drug-likeness (QED) is 0.813. The van der Waals surface area contributed by atoms with Crippen molar-refractivity contribution in [3.63, 3.8) is 0 Å². The van der Waals surface area contributed by atoms with E-state index in [1.807, 2.05) is 6.92 Å². The molecule has 0 aromatic carbocycles. The van der Waals surface area contributed by atoms with E-state index in [0.717, 1.165) is 4.47 Å². The number of rotatable bonds is 4. The Morgan fingerprint density at radius 3 is 2.94 bits per heavy atom. The average Bonchev–Trinajstić information content (AvgIpc) is 2.72. The van der Waals surface area contributed by atoms with E-state index in [2.05, 4.69) is 31.0 Å². The Bertz CT molecular complexity index is 517. The van der Waals surface area contributed by atoms with Crippen molar-refractivity contribution in [2.45, 2.75) is 13.5 Å². The summed E-state index contributed by atoms with van der Waals surface area (Å²) in [6.45, 7) is 2.86. The first-order chi connectivity index (χ1) is 8.19. The molecule has 90 valence electrons. The zero-order valence-corrected chi connectivity index (χ0v) is 11.4. The predicted octanol–water partition coefficient (Wildman–Crippen LogP) is 2.61. The lowest BCUT2D eigenvalue weighted by Gasteiger charge is -2.04. The molecule has 0 saturated carbocycles. The van der Waals surface area contributed by atoms with Crippen LogP contribution in [-0.4, -0.2) is 26.4 Å². The molecule has 0 N–H and O–H groups in total. The van der Waals surface area contributed by atoms with Gasteiger partial charge in [-0.3, -0.25) is 0 Å². The van der Waals surface area contributed by atoms with Gasteiger partial charge in [-0.1, -0.05) is 11.6 Å². The number of hydrogen-bond donors (Lipinski definition) is 0. The van der Waals surface area contributed by atoms with E-state index in [9.17, 15) is 0 Å². The van der Waals surface area contributed by atoms with Gasteiger partial charge in [0.1, 0.15) is 11.8 Å². The van der Waals surface area contributed by atoms with Crippen LogP contribution in [0.15, 0.2) is 22.9 Å². The molecule has 0 unspecified atom stereocenters. The van der Waals surface area contributed by atoms with Gasteiger partial charge < -0.3 is 4.74 Å². The van der Waals surface area contributed by atoms with Gasteiger partial charge in [0.2, 0.25) is 0 Å². The highest BCUT2D eigenvalue weighted by Crippen LogP contribution is 2.14. The van der Waals surface area contributed by atoms with Crippen LogP contribution in [0.3, 0.4) is 0 Å². The molecule has 2 aromatic rings. The van der Waals surface area contributed by atoms with Crippen molar-refractivity contribution < 1.29 is 4.74 Å². The van der Waals surface area contributed by atoms with Gasteiger partial charge in [-0.15, -0.1) is 0 Å². The maximum absolute atomic E-state index is 5.93. The molecule has 7 heteroatoms. The Kier molecular flexibility index (Phi) is 4.09. The molecule has 5 nitrogen and oxygen atoms in total. The van der Waals surface area contributed by atoms with E-state index in [0.29, 0.717) is 30.0 Å². The molecule has 0 aliphatic rings. The molecular weight excluding hydrogens is 307 g/mol. The second-order valence-corrected chi connectivity index (χ2v) is 4.51. The highest BCUT2D eigenvalue weighted by molar-refractivity contribution is 9.10. The number of ether oxygens (including phenoxy) is 1. The summed E-state index contributed by atoms with van der Waals surface area (Å²) >= 11 is 9.25. The third-order valence-corrected chi connectivity index (χ3v) is 2.55. The lowest BCUT2D eigenvalue weighted by atomic mass is 10.5. The lowest BCUT2D eigenvalue weighted by molar-refractivity contribution is 0.128. The van der Waals surface area contributed by atoms with Crippen LogP contribution in [0.25, 0.3) is 5.82 Å². The van der Waals surface area contributed by atoms with Gasteiger partial charge in [0.15, 0.2) is 11.6 Å². The van der Waals surface area contributed by atoms with Crippen LogP contribution in [0.5, 0.6) is 0 Å². The first-order valence-corrected chi connectivity index (χ1v) is 6.18. The smallest absolute Gasteiger partial charge is 0.158 e. The van der Waals surface area contributed by atoms with E-state index >= 15 is 0 Å². The van der Waals surface area contributed by atoms with E-state index in [1.54, 1.807) is 23.1 Å². The van der Waals surface area contributed by atoms with Gasteiger partial charge in [-0.2, -0.15) is 5.10 Å². The third-order valence-electron chi connectivity index (χ3n) is 1.95. The topological polar surface area (TPSA) is 52.8 Å². The summed E-state index contributed by atoms with van der Waals surface area (Å²) in [4.78, 5) is 8.39. The lowest BCUT2D eigenvalue weighted by Crippen LogP contribution is -2.05. The van der Waals surface area contributed by atoms with Crippen LogP contribution in [0.1, 0.15) is 12.7 Å². The van der Waals surface area contributed by atoms with E-state index in [-0.39, 0.29) is 0 Å². The summed E-state index contributed by atoms with van der Waals surface area (Å²) in [5.74, 6) is 1.16. The molecule has 0 radical (unpaired) electrons. The molecule has 2 aromatic heterocycles. The fourth-order valence-corrected chi connectivity index (χ4v) is 1.73. The summed E-state index contributed by atoms with van der Waals surface area (Å²) in [6.07, 6.45) is 3.47. The van der Waals surface area contributed by atoms with Crippen molar-refractivity contribution >= 4 is 27.5 Å².